The smallest absolute Gasteiger partial charge is 0.316 e. The van der Waals surface area contributed by atoms with Crippen molar-refractivity contribution in [3.63, 3.8) is 0 Å². The van der Waals surface area contributed by atoms with E-state index in [9.17, 15) is 13.2 Å². The predicted molar refractivity (Wildman–Crippen MR) is 51.0 cm³/mol. The van der Waals surface area contributed by atoms with E-state index < -0.39 is 11.9 Å². The minimum atomic E-state index is -4.33. The van der Waals surface area contributed by atoms with Gasteiger partial charge in [0.1, 0.15) is 0 Å². The van der Waals surface area contributed by atoms with E-state index in [1.54, 1.807) is 0 Å². The molecule has 0 radical (unpaired) electrons. The Balaban J connectivity index is 2.04. The number of nitrogens with one attached hydrogen (secondary N) is 2. The van der Waals surface area contributed by atoms with Crippen LogP contribution in [-0.2, 0) is 12.6 Å². The molecular formula is C10H12F3N3. The summed E-state index contributed by atoms with van der Waals surface area (Å²) >= 11 is 0. The lowest BCUT2D eigenvalue weighted by atomic mass is 9.80. The Morgan fingerprint density at radius 1 is 1.25 bits per heavy atom. The van der Waals surface area contributed by atoms with E-state index >= 15 is 0 Å². The summed E-state index contributed by atoms with van der Waals surface area (Å²) in [5.41, 5.74) is 0.374. The molecule has 0 spiro atoms. The average Bonchev–Trinajstić information content (AvgIpc) is 2.81. The van der Waals surface area contributed by atoms with E-state index in [-0.39, 0.29) is 5.92 Å². The van der Waals surface area contributed by atoms with Crippen LogP contribution in [0.4, 0.5) is 13.2 Å². The van der Waals surface area contributed by atoms with Gasteiger partial charge in [-0.3, -0.25) is 5.10 Å². The zero-order chi connectivity index (χ0) is 11.3. The fraction of sp³-hybridized carbons (Fsp3) is 0.700. The van der Waals surface area contributed by atoms with Crippen LogP contribution in [0.3, 0.4) is 0 Å². The largest absolute Gasteiger partial charge is 0.435 e. The second-order valence-corrected chi connectivity index (χ2v) is 4.53. The highest BCUT2D eigenvalue weighted by Crippen LogP contribution is 2.42. The highest BCUT2D eigenvalue weighted by Gasteiger charge is 2.43. The molecule has 0 bridgehead atoms. The molecule has 0 aromatic carbocycles. The number of halogens is 3. The molecule has 2 N–H and O–H groups in total. The molecule has 3 rings (SSSR count). The van der Waals surface area contributed by atoms with Crippen molar-refractivity contribution in [3.8, 4) is 0 Å². The van der Waals surface area contributed by atoms with Crippen molar-refractivity contribution in [2.45, 2.75) is 24.9 Å². The second kappa shape index (κ2) is 3.23. The minimum Gasteiger partial charge on any atom is -0.316 e. The van der Waals surface area contributed by atoms with E-state index in [1.165, 1.54) is 0 Å². The molecule has 1 aliphatic heterocycles. The van der Waals surface area contributed by atoms with Crippen molar-refractivity contribution in [1.29, 1.82) is 0 Å². The molecule has 3 nitrogen and oxygen atoms in total. The van der Waals surface area contributed by atoms with Gasteiger partial charge in [-0.05, 0) is 25.3 Å². The predicted octanol–water partition coefficient (Wildman–Crippen LogP) is 1.68. The lowest BCUT2D eigenvalue weighted by Gasteiger charge is -2.24. The highest BCUT2D eigenvalue weighted by atomic mass is 19.4. The van der Waals surface area contributed by atoms with Crippen molar-refractivity contribution in [1.82, 2.24) is 15.5 Å². The van der Waals surface area contributed by atoms with Gasteiger partial charge < -0.3 is 5.32 Å². The SMILES string of the molecule is FC(F)(F)c1n[nH]c2c1CC[C@H]1CNC[C@@H]21. The van der Waals surface area contributed by atoms with Crippen molar-refractivity contribution >= 4 is 0 Å². The fourth-order valence-corrected chi connectivity index (χ4v) is 2.88. The van der Waals surface area contributed by atoms with Crippen LogP contribution in [-0.4, -0.2) is 23.3 Å². The van der Waals surface area contributed by atoms with Crippen LogP contribution in [0.25, 0.3) is 0 Å². The standard InChI is InChI=1S/C10H12F3N3/c11-10(12,13)9-6-2-1-5-3-14-4-7(5)8(6)15-16-9/h5,7,14H,1-4H2,(H,15,16)/t5-,7+/m0/s1. The lowest BCUT2D eigenvalue weighted by Crippen LogP contribution is -2.20. The molecular weight excluding hydrogens is 219 g/mol. The quantitative estimate of drug-likeness (QED) is 0.713. The van der Waals surface area contributed by atoms with Gasteiger partial charge in [-0.15, -0.1) is 0 Å². The molecule has 1 aromatic rings. The van der Waals surface area contributed by atoms with Gasteiger partial charge >= 0.3 is 6.18 Å². The molecule has 1 aromatic heterocycles. The molecule has 0 saturated carbocycles. The summed E-state index contributed by atoms with van der Waals surface area (Å²) in [6.07, 6.45) is -3.01. The zero-order valence-corrected chi connectivity index (χ0v) is 8.56. The molecule has 1 aliphatic carbocycles. The van der Waals surface area contributed by atoms with E-state index in [2.05, 4.69) is 15.5 Å². The molecule has 1 saturated heterocycles. The summed E-state index contributed by atoms with van der Waals surface area (Å²) < 4.78 is 38.0. The summed E-state index contributed by atoms with van der Waals surface area (Å²) in [5, 5.41) is 9.27. The number of fused-ring (bicyclic) bond motifs is 3. The molecule has 2 aliphatic rings. The van der Waals surface area contributed by atoms with Crippen molar-refractivity contribution in [3.05, 3.63) is 17.0 Å². The lowest BCUT2D eigenvalue weighted by molar-refractivity contribution is -0.141. The van der Waals surface area contributed by atoms with Crippen LogP contribution < -0.4 is 5.32 Å². The zero-order valence-electron chi connectivity index (χ0n) is 8.56. The number of hydrogen-bond donors (Lipinski definition) is 2. The Bertz CT molecular complexity index is 410. The average molecular weight is 231 g/mol. The third-order valence-corrected chi connectivity index (χ3v) is 3.64. The molecule has 2 heterocycles. The van der Waals surface area contributed by atoms with Crippen molar-refractivity contribution < 1.29 is 13.2 Å². The first-order chi connectivity index (χ1) is 7.57. The molecule has 0 amide bonds. The first kappa shape index (κ1) is 10.1. The number of aromatic nitrogens is 2. The van der Waals surface area contributed by atoms with E-state index in [0.29, 0.717) is 23.6 Å². The number of alkyl halides is 3. The maximum absolute atomic E-state index is 12.7. The Kier molecular flexibility index (Phi) is 2.04. The Morgan fingerprint density at radius 2 is 2.06 bits per heavy atom. The number of H-pyrrole nitrogens is 1. The minimum absolute atomic E-state index is 0.187. The van der Waals surface area contributed by atoms with Gasteiger partial charge in [0.25, 0.3) is 0 Å². The summed E-state index contributed by atoms with van der Waals surface area (Å²) in [6, 6.07) is 0. The van der Waals surface area contributed by atoms with Gasteiger partial charge in [-0.25, -0.2) is 0 Å². The molecule has 6 heteroatoms. The van der Waals surface area contributed by atoms with Crippen LogP contribution in [0.2, 0.25) is 0 Å². The summed E-state index contributed by atoms with van der Waals surface area (Å²) in [5.74, 6) is 0.654. The van der Waals surface area contributed by atoms with E-state index in [4.69, 9.17) is 0 Å². The van der Waals surface area contributed by atoms with Crippen molar-refractivity contribution in [2.24, 2.45) is 5.92 Å². The van der Waals surface area contributed by atoms with E-state index in [0.717, 1.165) is 19.5 Å². The number of rotatable bonds is 0. The van der Waals surface area contributed by atoms with Gasteiger partial charge in [0.15, 0.2) is 5.69 Å². The number of hydrogen-bond acceptors (Lipinski definition) is 2. The summed E-state index contributed by atoms with van der Waals surface area (Å²) in [4.78, 5) is 0. The van der Waals surface area contributed by atoms with Crippen LogP contribution in [0.5, 0.6) is 0 Å². The van der Waals surface area contributed by atoms with Gasteiger partial charge in [0.2, 0.25) is 0 Å². The van der Waals surface area contributed by atoms with Gasteiger partial charge in [-0.2, -0.15) is 18.3 Å². The van der Waals surface area contributed by atoms with Crippen molar-refractivity contribution in [2.75, 3.05) is 13.1 Å². The topological polar surface area (TPSA) is 40.7 Å². The van der Waals surface area contributed by atoms with Gasteiger partial charge in [0, 0.05) is 23.7 Å². The fourth-order valence-electron chi connectivity index (χ4n) is 2.88. The molecule has 2 atom stereocenters. The highest BCUT2D eigenvalue weighted by molar-refractivity contribution is 5.34. The first-order valence-electron chi connectivity index (χ1n) is 5.42. The second-order valence-electron chi connectivity index (χ2n) is 4.53. The van der Waals surface area contributed by atoms with E-state index in [1.807, 2.05) is 0 Å². The molecule has 1 fully saturated rings. The molecule has 16 heavy (non-hydrogen) atoms. The summed E-state index contributed by atoms with van der Waals surface area (Å²) in [7, 11) is 0. The van der Waals surface area contributed by atoms with Gasteiger partial charge in [0.05, 0.1) is 0 Å². The summed E-state index contributed by atoms with van der Waals surface area (Å²) in [6.45, 7) is 1.67. The monoisotopic (exact) mass is 231 g/mol. The maximum atomic E-state index is 12.7. The Morgan fingerprint density at radius 3 is 2.81 bits per heavy atom. The van der Waals surface area contributed by atoms with Crippen LogP contribution in [0, 0.1) is 5.92 Å². The van der Waals surface area contributed by atoms with Gasteiger partial charge in [-0.1, -0.05) is 0 Å². The third kappa shape index (κ3) is 1.36. The van der Waals surface area contributed by atoms with Crippen LogP contribution in [0.15, 0.2) is 0 Å². The third-order valence-electron chi connectivity index (χ3n) is 3.64. The molecule has 88 valence electrons. The first-order valence-corrected chi connectivity index (χ1v) is 5.42. The van der Waals surface area contributed by atoms with Crippen LogP contribution >= 0.6 is 0 Å². The molecule has 0 unspecified atom stereocenters. The normalized spacial score (nSPS) is 28.9. The Labute approximate surface area is 90.4 Å². The van der Waals surface area contributed by atoms with Crippen LogP contribution in [0.1, 0.15) is 29.3 Å². The maximum Gasteiger partial charge on any atom is 0.435 e. The number of aromatic amines is 1. The number of nitrogens with zero attached hydrogens (tertiary/aromatic N) is 1. The Hall–Kier alpha value is -1.04.